The summed E-state index contributed by atoms with van der Waals surface area (Å²) in [7, 11) is 0. The Labute approximate surface area is 139 Å². The molecular weight excluding hydrogens is 286 g/mol. The van der Waals surface area contributed by atoms with Gasteiger partial charge in [0.05, 0.1) is 11.7 Å². The summed E-state index contributed by atoms with van der Waals surface area (Å²) in [6, 6.07) is 9.95. The molecule has 3 heteroatoms. The van der Waals surface area contributed by atoms with Crippen LogP contribution in [0.3, 0.4) is 0 Å². The maximum atomic E-state index is 12.0. The van der Waals surface area contributed by atoms with Gasteiger partial charge in [-0.15, -0.1) is 0 Å². The van der Waals surface area contributed by atoms with Crippen molar-refractivity contribution in [2.75, 3.05) is 0 Å². The summed E-state index contributed by atoms with van der Waals surface area (Å²) < 4.78 is 0. The molecule has 0 unspecified atom stereocenters. The highest BCUT2D eigenvalue weighted by molar-refractivity contribution is 6.20. The maximum absolute atomic E-state index is 12.0. The van der Waals surface area contributed by atoms with Crippen molar-refractivity contribution in [1.29, 1.82) is 5.26 Å². The van der Waals surface area contributed by atoms with Gasteiger partial charge in [0, 0.05) is 17.6 Å². The van der Waals surface area contributed by atoms with Crippen molar-refractivity contribution < 1.29 is 9.90 Å². The molecule has 3 rings (SSSR count). The molecule has 3 nitrogen and oxygen atoms in total. The number of hydrogen-bond acceptors (Lipinski definition) is 3. The Morgan fingerprint density at radius 2 is 1.52 bits per heavy atom. The van der Waals surface area contributed by atoms with Crippen LogP contribution in [-0.2, 0) is 0 Å². The van der Waals surface area contributed by atoms with Gasteiger partial charge in [-0.2, -0.15) is 5.26 Å². The average molecular weight is 313 g/mol. The summed E-state index contributed by atoms with van der Waals surface area (Å²) in [6.45, 7) is 7.05. The molecular formula is C20H27NO2. The van der Waals surface area contributed by atoms with E-state index in [2.05, 4.69) is 6.07 Å². The van der Waals surface area contributed by atoms with Crippen LogP contribution in [0.25, 0.3) is 5.57 Å². The fourth-order valence-corrected chi connectivity index (χ4v) is 2.56. The van der Waals surface area contributed by atoms with Crippen LogP contribution in [-0.4, -0.2) is 16.5 Å². The molecule has 124 valence electrons. The van der Waals surface area contributed by atoms with Crippen LogP contribution in [0.1, 0.15) is 75.7 Å². The molecule has 0 amide bonds. The van der Waals surface area contributed by atoms with Gasteiger partial charge in [-0.05, 0) is 57.6 Å². The van der Waals surface area contributed by atoms with Gasteiger partial charge >= 0.3 is 0 Å². The highest BCUT2D eigenvalue weighted by Crippen LogP contribution is 2.40. The van der Waals surface area contributed by atoms with Gasteiger partial charge in [0.2, 0.25) is 0 Å². The van der Waals surface area contributed by atoms with Gasteiger partial charge in [-0.3, -0.25) is 4.79 Å². The Kier molecular flexibility index (Phi) is 7.19. The summed E-state index contributed by atoms with van der Waals surface area (Å²) in [6.07, 6.45) is 5.12. The monoisotopic (exact) mass is 313 g/mol. The molecule has 0 atom stereocenters. The lowest BCUT2D eigenvalue weighted by Crippen LogP contribution is -2.10. The highest BCUT2D eigenvalue weighted by Gasteiger charge is 2.29. The average Bonchev–Trinajstić information content (AvgIpc) is 2.80. The number of ketones is 1. The Bertz CT molecular complexity index is 609. The molecule has 1 aromatic rings. The first-order valence-electron chi connectivity index (χ1n) is 8.25. The number of hydrogen-bond donors (Lipinski definition) is 1. The quantitative estimate of drug-likeness (QED) is 0.740. The van der Waals surface area contributed by atoms with Crippen LogP contribution in [0, 0.1) is 11.3 Å². The van der Waals surface area contributed by atoms with Crippen LogP contribution in [0.2, 0.25) is 0 Å². The molecule has 0 aliphatic heterocycles. The number of carbonyl (C=O) groups is 1. The fraction of sp³-hybridized carbons (Fsp3) is 0.500. The van der Waals surface area contributed by atoms with E-state index in [1.165, 1.54) is 24.0 Å². The van der Waals surface area contributed by atoms with Gasteiger partial charge in [0.25, 0.3) is 0 Å². The minimum atomic E-state index is -0.500. The third kappa shape index (κ3) is 6.00. The molecule has 1 N–H and O–H groups in total. The van der Waals surface area contributed by atoms with Gasteiger partial charge in [0.1, 0.15) is 0 Å². The Morgan fingerprint density at radius 1 is 1.09 bits per heavy atom. The van der Waals surface area contributed by atoms with Gasteiger partial charge in [-0.25, -0.2) is 0 Å². The zero-order chi connectivity index (χ0) is 17.5. The van der Waals surface area contributed by atoms with Crippen LogP contribution < -0.4 is 0 Å². The zero-order valence-electron chi connectivity index (χ0n) is 14.6. The van der Waals surface area contributed by atoms with Crippen molar-refractivity contribution in [1.82, 2.24) is 0 Å². The molecule has 0 aromatic heterocycles. The predicted molar refractivity (Wildman–Crippen MR) is 94.0 cm³/mol. The van der Waals surface area contributed by atoms with E-state index in [1.807, 2.05) is 31.2 Å². The SMILES string of the molecule is CC(C)(C)O.CCC#N.O=C1C2=C(CCCC2)c2ccccc21. The molecule has 2 aliphatic rings. The van der Waals surface area contributed by atoms with Crippen molar-refractivity contribution >= 4 is 11.4 Å². The van der Waals surface area contributed by atoms with Crippen LogP contribution in [0.15, 0.2) is 29.8 Å². The summed E-state index contributed by atoms with van der Waals surface area (Å²) in [4.78, 5) is 12.0. The van der Waals surface area contributed by atoms with E-state index in [0.29, 0.717) is 6.42 Å². The number of rotatable bonds is 0. The van der Waals surface area contributed by atoms with Crippen LogP contribution in [0.5, 0.6) is 0 Å². The van der Waals surface area contributed by atoms with E-state index in [0.717, 1.165) is 24.0 Å². The number of carbonyl (C=O) groups excluding carboxylic acids is 1. The number of allylic oxidation sites excluding steroid dienone is 2. The molecule has 0 bridgehead atoms. The predicted octanol–water partition coefficient (Wildman–Crippen LogP) is 4.91. The molecule has 0 heterocycles. The maximum Gasteiger partial charge on any atom is 0.189 e. The number of Topliss-reactive ketones (excluding diaryl/α,β-unsaturated/α-hetero) is 1. The molecule has 0 fully saturated rings. The lowest BCUT2D eigenvalue weighted by atomic mass is 9.92. The Hall–Kier alpha value is -1.92. The van der Waals surface area contributed by atoms with E-state index < -0.39 is 5.60 Å². The molecule has 2 aliphatic carbocycles. The van der Waals surface area contributed by atoms with Gasteiger partial charge in [0.15, 0.2) is 5.78 Å². The first-order chi connectivity index (χ1) is 10.8. The third-order valence-corrected chi connectivity index (χ3v) is 3.40. The fourth-order valence-electron chi connectivity index (χ4n) is 2.56. The van der Waals surface area contributed by atoms with E-state index in [-0.39, 0.29) is 5.78 Å². The van der Waals surface area contributed by atoms with E-state index in [1.54, 1.807) is 20.8 Å². The minimum absolute atomic E-state index is 0.287. The summed E-state index contributed by atoms with van der Waals surface area (Å²) in [5, 5.41) is 16.1. The molecule has 0 saturated heterocycles. The van der Waals surface area contributed by atoms with E-state index in [4.69, 9.17) is 10.4 Å². The van der Waals surface area contributed by atoms with Crippen molar-refractivity contribution in [3.05, 3.63) is 41.0 Å². The van der Waals surface area contributed by atoms with Crippen molar-refractivity contribution in [3.8, 4) is 6.07 Å². The second-order valence-corrected chi connectivity index (χ2v) is 6.72. The third-order valence-electron chi connectivity index (χ3n) is 3.40. The zero-order valence-corrected chi connectivity index (χ0v) is 14.6. The van der Waals surface area contributed by atoms with E-state index in [9.17, 15) is 4.79 Å². The normalized spacial score (nSPS) is 15.4. The van der Waals surface area contributed by atoms with Crippen molar-refractivity contribution in [3.63, 3.8) is 0 Å². The second kappa shape index (κ2) is 8.64. The van der Waals surface area contributed by atoms with Crippen molar-refractivity contribution in [2.45, 2.75) is 65.4 Å². The molecule has 0 saturated carbocycles. The molecule has 1 aromatic carbocycles. The smallest absolute Gasteiger partial charge is 0.189 e. The Balaban J connectivity index is 0.000000248. The van der Waals surface area contributed by atoms with Gasteiger partial charge in [-0.1, -0.05) is 31.2 Å². The number of aliphatic hydroxyl groups is 1. The lowest BCUT2D eigenvalue weighted by Gasteiger charge is -2.12. The second-order valence-electron chi connectivity index (χ2n) is 6.72. The molecule has 0 radical (unpaired) electrons. The topological polar surface area (TPSA) is 61.1 Å². The number of nitriles is 1. The largest absolute Gasteiger partial charge is 0.391 e. The van der Waals surface area contributed by atoms with Crippen LogP contribution >= 0.6 is 0 Å². The number of fused-ring (bicyclic) bond motifs is 2. The summed E-state index contributed by atoms with van der Waals surface area (Å²) in [5.74, 6) is 0.287. The lowest BCUT2D eigenvalue weighted by molar-refractivity contribution is 0.101. The van der Waals surface area contributed by atoms with Gasteiger partial charge < -0.3 is 5.11 Å². The first kappa shape index (κ1) is 19.1. The molecule has 0 spiro atoms. The summed E-state index contributed by atoms with van der Waals surface area (Å²) in [5.41, 5.74) is 4.06. The molecule has 23 heavy (non-hydrogen) atoms. The van der Waals surface area contributed by atoms with Crippen molar-refractivity contribution in [2.24, 2.45) is 0 Å². The standard InChI is InChI=1S/C13H12O.C4H10O.C3H5N/c14-13-11-7-3-1-5-9(11)10-6-2-4-8-12(10)13;1-4(2,3)5;1-2-3-4/h1,3,5,7H,2,4,6,8H2;5H,1-3H3;2H2,1H3. The first-order valence-corrected chi connectivity index (χ1v) is 8.25. The van der Waals surface area contributed by atoms with Crippen LogP contribution in [0.4, 0.5) is 0 Å². The number of benzene rings is 1. The minimum Gasteiger partial charge on any atom is -0.391 e. The highest BCUT2D eigenvalue weighted by atomic mass is 16.3. The number of nitrogens with zero attached hydrogens (tertiary/aromatic N) is 1. The Morgan fingerprint density at radius 3 is 2.00 bits per heavy atom. The summed E-state index contributed by atoms with van der Waals surface area (Å²) >= 11 is 0. The van der Waals surface area contributed by atoms with E-state index >= 15 is 0 Å².